The molecule has 1 fully saturated rings. The van der Waals surface area contributed by atoms with Crippen molar-refractivity contribution < 1.29 is 14.2 Å². The van der Waals surface area contributed by atoms with E-state index in [1.54, 1.807) is 21.3 Å². The van der Waals surface area contributed by atoms with E-state index < -0.39 is 0 Å². The van der Waals surface area contributed by atoms with E-state index in [2.05, 4.69) is 38.4 Å². The Morgan fingerprint density at radius 2 is 1.59 bits per heavy atom. The summed E-state index contributed by atoms with van der Waals surface area (Å²) in [5, 5.41) is 12.8. The van der Waals surface area contributed by atoms with Crippen LogP contribution in [0.4, 0.5) is 0 Å². The molecule has 1 atom stereocenters. The largest absolute Gasteiger partial charge is 0.497 e. The third-order valence-electron chi connectivity index (χ3n) is 5.92. The summed E-state index contributed by atoms with van der Waals surface area (Å²) in [6.45, 7) is 4.40. The SMILES string of the molecule is COc1ccc(Cn2nnnc2[C@H](c2ccc(OC)c(OC)c2)N2CCN(C)CC2)cc1. The van der Waals surface area contributed by atoms with Crippen LogP contribution in [-0.2, 0) is 6.54 Å². The smallest absolute Gasteiger partial charge is 0.173 e. The van der Waals surface area contributed by atoms with Crippen molar-refractivity contribution in [2.75, 3.05) is 54.6 Å². The quantitative estimate of drug-likeness (QED) is 0.529. The predicted octanol–water partition coefficient (Wildman–Crippen LogP) is 2.08. The number of aromatic nitrogens is 4. The van der Waals surface area contributed by atoms with Crippen molar-refractivity contribution in [3.05, 3.63) is 59.4 Å². The second kappa shape index (κ2) is 9.97. The van der Waals surface area contributed by atoms with Gasteiger partial charge < -0.3 is 19.1 Å². The maximum atomic E-state index is 5.57. The van der Waals surface area contributed by atoms with Crippen molar-refractivity contribution >= 4 is 0 Å². The predicted molar refractivity (Wildman–Crippen MR) is 120 cm³/mol. The molecule has 0 unspecified atom stereocenters. The third-order valence-corrected chi connectivity index (χ3v) is 5.92. The van der Waals surface area contributed by atoms with E-state index in [4.69, 9.17) is 14.2 Å². The van der Waals surface area contributed by atoms with Gasteiger partial charge >= 0.3 is 0 Å². The zero-order valence-corrected chi connectivity index (χ0v) is 19.1. The van der Waals surface area contributed by atoms with Crippen molar-refractivity contribution in [2.45, 2.75) is 12.6 Å². The Hall–Kier alpha value is -3.17. The van der Waals surface area contributed by atoms with Gasteiger partial charge in [0.25, 0.3) is 0 Å². The Morgan fingerprint density at radius 3 is 2.25 bits per heavy atom. The summed E-state index contributed by atoms with van der Waals surface area (Å²) in [6.07, 6.45) is 0. The topological polar surface area (TPSA) is 77.8 Å². The lowest BCUT2D eigenvalue weighted by Gasteiger charge is -2.37. The maximum absolute atomic E-state index is 5.57. The minimum absolute atomic E-state index is 0.100. The monoisotopic (exact) mass is 438 g/mol. The summed E-state index contributed by atoms with van der Waals surface area (Å²) < 4.78 is 18.2. The van der Waals surface area contributed by atoms with Gasteiger partial charge in [0.05, 0.1) is 33.9 Å². The molecular weight excluding hydrogens is 408 g/mol. The van der Waals surface area contributed by atoms with Crippen LogP contribution in [0.3, 0.4) is 0 Å². The minimum atomic E-state index is -0.100. The van der Waals surface area contributed by atoms with Crippen LogP contribution in [0.1, 0.15) is 23.0 Å². The lowest BCUT2D eigenvalue weighted by molar-refractivity contribution is 0.121. The number of nitrogens with zero attached hydrogens (tertiary/aromatic N) is 6. The molecule has 0 spiro atoms. The molecule has 9 heteroatoms. The summed E-state index contributed by atoms with van der Waals surface area (Å²) in [5.41, 5.74) is 2.17. The number of methoxy groups -OCH3 is 3. The first kappa shape index (κ1) is 22.0. The van der Waals surface area contributed by atoms with Crippen molar-refractivity contribution in [2.24, 2.45) is 0 Å². The van der Waals surface area contributed by atoms with E-state index in [9.17, 15) is 0 Å². The van der Waals surface area contributed by atoms with Gasteiger partial charge in [-0.3, -0.25) is 4.90 Å². The van der Waals surface area contributed by atoms with E-state index in [-0.39, 0.29) is 6.04 Å². The van der Waals surface area contributed by atoms with Gasteiger partial charge in [-0.05, 0) is 52.9 Å². The van der Waals surface area contributed by atoms with Gasteiger partial charge in [0.1, 0.15) is 5.75 Å². The molecule has 170 valence electrons. The Labute approximate surface area is 188 Å². The van der Waals surface area contributed by atoms with Gasteiger partial charge in [0.15, 0.2) is 17.3 Å². The van der Waals surface area contributed by atoms with Crippen LogP contribution in [0, 0.1) is 0 Å². The highest BCUT2D eigenvalue weighted by Gasteiger charge is 2.30. The first-order valence-electron chi connectivity index (χ1n) is 10.7. The first-order valence-corrected chi connectivity index (χ1v) is 10.7. The average molecular weight is 439 g/mol. The maximum Gasteiger partial charge on any atom is 0.173 e. The van der Waals surface area contributed by atoms with Crippen LogP contribution >= 0.6 is 0 Å². The van der Waals surface area contributed by atoms with Gasteiger partial charge in [0.2, 0.25) is 0 Å². The summed E-state index contributed by atoms with van der Waals surface area (Å²) in [6, 6.07) is 13.9. The third kappa shape index (κ3) is 4.68. The zero-order valence-electron chi connectivity index (χ0n) is 19.1. The molecule has 32 heavy (non-hydrogen) atoms. The molecule has 1 aliphatic heterocycles. The standard InChI is InChI=1S/C23H30N6O3/c1-27-11-13-28(14-12-27)22(18-7-10-20(31-3)21(15-18)32-4)23-24-25-26-29(23)16-17-5-8-19(30-2)9-6-17/h5-10,15,22H,11-14,16H2,1-4H3/t22-/m0/s1. The number of tetrazole rings is 1. The van der Waals surface area contributed by atoms with E-state index in [1.807, 2.05) is 41.1 Å². The van der Waals surface area contributed by atoms with Crippen LogP contribution in [0.5, 0.6) is 17.2 Å². The highest BCUT2D eigenvalue weighted by Crippen LogP contribution is 2.35. The highest BCUT2D eigenvalue weighted by atomic mass is 16.5. The molecule has 2 heterocycles. The molecule has 4 rings (SSSR count). The molecule has 1 saturated heterocycles. The van der Waals surface area contributed by atoms with E-state index in [1.165, 1.54) is 0 Å². The number of likely N-dealkylation sites (N-methyl/N-ethyl adjacent to an activating group) is 1. The molecule has 0 N–H and O–H groups in total. The molecule has 0 bridgehead atoms. The molecular formula is C23H30N6O3. The van der Waals surface area contributed by atoms with Crippen LogP contribution in [0.2, 0.25) is 0 Å². The summed E-state index contributed by atoms with van der Waals surface area (Å²) in [4.78, 5) is 4.76. The van der Waals surface area contributed by atoms with E-state index in [0.29, 0.717) is 18.0 Å². The van der Waals surface area contributed by atoms with Gasteiger partial charge in [-0.2, -0.15) is 0 Å². The summed E-state index contributed by atoms with van der Waals surface area (Å²) in [5.74, 6) is 3.02. The number of rotatable bonds is 8. The van der Waals surface area contributed by atoms with Crippen molar-refractivity contribution in [1.29, 1.82) is 0 Å². The Bertz CT molecular complexity index is 1010. The summed E-state index contributed by atoms with van der Waals surface area (Å²) >= 11 is 0. The summed E-state index contributed by atoms with van der Waals surface area (Å²) in [7, 11) is 7.11. The van der Waals surface area contributed by atoms with Crippen molar-refractivity contribution in [3.8, 4) is 17.2 Å². The molecule has 2 aromatic carbocycles. The van der Waals surface area contributed by atoms with Crippen LogP contribution in [0.25, 0.3) is 0 Å². The number of ether oxygens (including phenoxy) is 3. The number of piperazine rings is 1. The minimum Gasteiger partial charge on any atom is -0.497 e. The van der Waals surface area contributed by atoms with Gasteiger partial charge in [-0.1, -0.05) is 18.2 Å². The Balaban J connectivity index is 1.70. The molecule has 9 nitrogen and oxygen atoms in total. The van der Waals surface area contributed by atoms with Gasteiger partial charge in [-0.25, -0.2) is 4.68 Å². The molecule has 0 aliphatic carbocycles. The Morgan fingerprint density at radius 1 is 0.875 bits per heavy atom. The number of hydrogen-bond donors (Lipinski definition) is 0. The number of hydrogen-bond acceptors (Lipinski definition) is 8. The molecule has 1 aliphatic rings. The molecule has 0 radical (unpaired) electrons. The zero-order chi connectivity index (χ0) is 22.5. The van der Waals surface area contributed by atoms with Crippen molar-refractivity contribution in [1.82, 2.24) is 30.0 Å². The molecule has 3 aromatic rings. The fourth-order valence-electron chi connectivity index (χ4n) is 4.05. The van der Waals surface area contributed by atoms with Gasteiger partial charge in [-0.15, -0.1) is 5.10 Å². The molecule has 0 saturated carbocycles. The normalized spacial score (nSPS) is 16.0. The lowest BCUT2D eigenvalue weighted by atomic mass is 10.0. The van der Waals surface area contributed by atoms with Crippen LogP contribution in [0.15, 0.2) is 42.5 Å². The Kier molecular flexibility index (Phi) is 6.87. The first-order chi connectivity index (χ1) is 15.6. The van der Waals surface area contributed by atoms with E-state index >= 15 is 0 Å². The lowest BCUT2D eigenvalue weighted by Crippen LogP contribution is -2.46. The second-order valence-corrected chi connectivity index (χ2v) is 7.90. The van der Waals surface area contributed by atoms with Crippen LogP contribution in [-0.4, -0.2) is 84.6 Å². The highest BCUT2D eigenvalue weighted by molar-refractivity contribution is 5.45. The molecule has 1 aromatic heterocycles. The molecule has 0 amide bonds. The second-order valence-electron chi connectivity index (χ2n) is 7.90. The fourth-order valence-corrected chi connectivity index (χ4v) is 4.05. The van der Waals surface area contributed by atoms with Crippen molar-refractivity contribution in [3.63, 3.8) is 0 Å². The fraction of sp³-hybridized carbons (Fsp3) is 0.435. The number of benzene rings is 2. The van der Waals surface area contributed by atoms with Gasteiger partial charge in [0, 0.05) is 26.2 Å². The average Bonchev–Trinajstić information content (AvgIpc) is 3.28. The van der Waals surface area contributed by atoms with Crippen LogP contribution < -0.4 is 14.2 Å². The van der Waals surface area contributed by atoms with E-state index in [0.717, 1.165) is 48.9 Å².